The number of hydrogen-bond acceptors (Lipinski definition) is 10. The van der Waals surface area contributed by atoms with E-state index in [1.807, 2.05) is 5.32 Å². The maximum Gasteiger partial charge on any atom is 0.322 e. The lowest BCUT2D eigenvalue weighted by Gasteiger charge is -2.27. The van der Waals surface area contributed by atoms with Crippen molar-refractivity contribution in [1.82, 2.24) is 26.2 Å². The Morgan fingerprint density at radius 1 is 0.950 bits per heavy atom. The molecule has 0 aromatic heterocycles. The Hall–Kier alpha value is -3.83. The number of rotatable bonds is 17. The van der Waals surface area contributed by atoms with Gasteiger partial charge in [-0.3, -0.25) is 33.6 Å². The van der Waals surface area contributed by atoms with Crippen LogP contribution in [-0.2, 0) is 33.6 Å². The van der Waals surface area contributed by atoms with Crippen molar-refractivity contribution < 1.29 is 48.9 Å². The molecule has 0 bridgehead atoms. The lowest BCUT2D eigenvalue weighted by Crippen LogP contribution is -2.58. The Morgan fingerprint density at radius 2 is 1.62 bits per heavy atom. The van der Waals surface area contributed by atoms with E-state index >= 15 is 0 Å². The van der Waals surface area contributed by atoms with Crippen molar-refractivity contribution in [2.75, 3.05) is 26.2 Å². The number of aliphatic carboxylic acids is 2. The summed E-state index contributed by atoms with van der Waals surface area (Å²) < 4.78 is 0. The van der Waals surface area contributed by atoms with Crippen LogP contribution in [0, 0.1) is 0 Å². The Morgan fingerprint density at radius 3 is 2.20 bits per heavy atom. The van der Waals surface area contributed by atoms with E-state index in [9.17, 15) is 38.7 Å². The van der Waals surface area contributed by atoms with Crippen molar-refractivity contribution in [2.45, 2.75) is 75.7 Å². The number of carbonyl (C=O) groups excluding carboxylic acids is 5. The molecule has 40 heavy (non-hydrogen) atoms. The highest BCUT2D eigenvalue weighted by Crippen LogP contribution is 2.19. The maximum atomic E-state index is 12.7. The third kappa shape index (κ3) is 11.5. The molecular weight excluding hydrogens is 534 g/mol. The number of aliphatic hydroxyl groups excluding tert-OH is 1. The van der Waals surface area contributed by atoms with Crippen LogP contribution in [0.25, 0.3) is 0 Å². The second-order valence-electron chi connectivity index (χ2n) is 9.35. The highest BCUT2D eigenvalue weighted by atomic mass is 16.4. The Kier molecular flexibility index (Phi) is 14.5. The number of nitrogens with two attached hydrogens (primary N) is 2. The third-order valence-electron chi connectivity index (χ3n) is 6.06. The van der Waals surface area contributed by atoms with Gasteiger partial charge in [-0.1, -0.05) is 6.42 Å². The summed E-state index contributed by atoms with van der Waals surface area (Å²) in [5, 5.41) is 36.2. The molecule has 1 rings (SSSR count). The SMILES string of the molecule is CC(O)C(NC(=O)C(CC(=O)O)NC(=O)CNC(=O)C1CCCN1C(=O)C(N)CCCCN)C(=O)NCC(=O)O. The van der Waals surface area contributed by atoms with Gasteiger partial charge in [0.25, 0.3) is 0 Å². The number of nitrogens with one attached hydrogen (secondary N) is 4. The molecule has 1 saturated heterocycles. The minimum Gasteiger partial charge on any atom is -0.481 e. The van der Waals surface area contributed by atoms with E-state index < -0.39 is 91.3 Å². The summed E-state index contributed by atoms with van der Waals surface area (Å²) in [5.74, 6) is -7.00. The first-order chi connectivity index (χ1) is 18.8. The Balaban J connectivity index is 2.76. The molecule has 0 aromatic rings. The zero-order valence-corrected chi connectivity index (χ0v) is 22.3. The number of carbonyl (C=O) groups is 7. The van der Waals surface area contributed by atoms with Crippen molar-refractivity contribution in [2.24, 2.45) is 11.5 Å². The standard InChI is InChI=1S/C23H39N7O10/c1-12(31)19(22(39)27-11-18(35)36)29-20(37)14(9-17(33)34)28-16(32)10-26-21(38)15-6-4-8-30(15)23(40)13(25)5-2-3-7-24/h12-15,19,31H,2-11,24-25H2,1H3,(H,26,38)(H,27,39)(H,28,32)(H,29,37)(H,33,34)(H,35,36). The summed E-state index contributed by atoms with van der Waals surface area (Å²) in [7, 11) is 0. The molecule has 1 aliphatic heterocycles. The average molecular weight is 574 g/mol. The van der Waals surface area contributed by atoms with E-state index in [2.05, 4.69) is 16.0 Å². The molecule has 17 heteroatoms. The number of likely N-dealkylation sites (tertiary alicyclic amines) is 1. The molecule has 17 nitrogen and oxygen atoms in total. The van der Waals surface area contributed by atoms with Gasteiger partial charge in [-0.05, 0) is 39.2 Å². The van der Waals surface area contributed by atoms with Crippen LogP contribution < -0.4 is 32.7 Å². The molecule has 1 aliphatic rings. The number of unbranched alkanes of at least 4 members (excludes halogenated alkanes) is 1. The number of carboxylic acid groups (broad SMARTS) is 2. The topological polar surface area (TPSA) is 284 Å². The predicted molar refractivity (Wildman–Crippen MR) is 137 cm³/mol. The summed E-state index contributed by atoms with van der Waals surface area (Å²) in [6.07, 6.45) is 0.280. The quantitative estimate of drug-likeness (QED) is 0.0745. The molecular formula is C23H39N7O10. The van der Waals surface area contributed by atoms with Crippen LogP contribution in [0.1, 0.15) is 45.4 Å². The van der Waals surface area contributed by atoms with Gasteiger partial charge in [0.05, 0.1) is 25.1 Å². The number of amides is 5. The zero-order chi connectivity index (χ0) is 30.4. The van der Waals surface area contributed by atoms with Gasteiger partial charge in [-0.15, -0.1) is 0 Å². The van der Waals surface area contributed by atoms with Crippen molar-refractivity contribution in [1.29, 1.82) is 0 Å². The lowest BCUT2D eigenvalue weighted by molar-refractivity contribution is -0.142. The fourth-order valence-corrected chi connectivity index (χ4v) is 3.99. The van der Waals surface area contributed by atoms with Gasteiger partial charge in [-0.25, -0.2) is 0 Å². The van der Waals surface area contributed by atoms with E-state index in [-0.39, 0.29) is 0 Å². The first-order valence-electron chi connectivity index (χ1n) is 12.8. The van der Waals surface area contributed by atoms with E-state index in [0.717, 1.165) is 6.92 Å². The monoisotopic (exact) mass is 573 g/mol. The van der Waals surface area contributed by atoms with Crippen LogP contribution in [-0.4, -0.2) is 118 Å². The third-order valence-corrected chi connectivity index (χ3v) is 6.06. The summed E-state index contributed by atoms with van der Waals surface area (Å²) in [6, 6.07) is -5.00. The molecule has 0 aromatic carbocycles. The Labute approximate surface area is 230 Å². The molecule has 0 saturated carbocycles. The normalized spacial score (nSPS) is 17.6. The van der Waals surface area contributed by atoms with E-state index in [1.54, 1.807) is 0 Å². The molecule has 0 radical (unpaired) electrons. The second kappa shape index (κ2) is 17.0. The maximum absolute atomic E-state index is 12.7. The molecule has 226 valence electrons. The van der Waals surface area contributed by atoms with Gasteiger partial charge in [0.1, 0.15) is 24.7 Å². The number of hydrogen-bond donors (Lipinski definition) is 9. The van der Waals surface area contributed by atoms with Crippen LogP contribution in [0.5, 0.6) is 0 Å². The van der Waals surface area contributed by atoms with Crippen molar-refractivity contribution in [3.63, 3.8) is 0 Å². The number of aliphatic hydroxyl groups is 1. The lowest BCUT2D eigenvalue weighted by atomic mass is 10.1. The predicted octanol–water partition coefficient (Wildman–Crippen LogP) is -4.42. The largest absolute Gasteiger partial charge is 0.481 e. The van der Waals surface area contributed by atoms with Gasteiger partial charge < -0.3 is 53.0 Å². The van der Waals surface area contributed by atoms with Crippen LogP contribution in [0.4, 0.5) is 0 Å². The molecule has 0 aliphatic carbocycles. The van der Waals surface area contributed by atoms with E-state index in [0.29, 0.717) is 45.2 Å². The van der Waals surface area contributed by atoms with Gasteiger partial charge >= 0.3 is 11.9 Å². The molecule has 11 N–H and O–H groups in total. The van der Waals surface area contributed by atoms with Gasteiger partial charge in [0.2, 0.25) is 29.5 Å². The molecule has 5 unspecified atom stereocenters. The van der Waals surface area contributed by atoms with Crippen LogP contribution in [0.15, 0.2) is 0 Å². The van der Waals surface area contributed by atoms with E-state index in [4.69, 9.17) is 21.7 Å². The summed E-state index contributed by atoms with van der Waals surface area (Å²) >= 11 is 0. The van der Waals surface area contributed by atoms with Gasteiger partial charge in [0.15, 0.2) is 0 Å². The molecule has 1 fully saturated rings. The van der Waals surface area contributed by atoms with Crippen LogP contribution in [0.2, 0.25) is 0 Å². The zero-order valence-electron chi connectivity index (χ0n) is 22.3. The van der Waals surface area contributed by atoms with Gasteiger partial charge in [0, 0.05) is 6.54 Å². The molecule has 5 atom stereocenters. The molecule has 1 heterocycles. The highest BCUT2D eigenvalue weighted by molar-refractivity contribution is 5.96. The number of nitrogens with zero attached hydrogens (tertiary/aromatic N) is 1. The summed E-state index contributed by atoms with van der Waals surface area (Å²) in [4.78, 5) is 85.9. The molecule has 5 amide bonds. The first kappa shape index (κ1) is 34.2. The van der Waals surface area contributed by atoms with Crippen LogP contribution >= 0.6 is 0 Å². The Bertz CT molecular complexity index is 945. The van der Waals surface area contributed by atoms with Crippen molar-refractivity contribution >= 4 is 41.5 Å². The van der Waals surface area contributed by atoms with E-state index in [1.165, 1.54) is 4.90 Å². The summed E-state index contributed by atoms with van der Waals surface area (Å²) in [5.41, 5.74) is 11.4. The first-order valence-corrected chi connectivity index (χ1v) is 12.8. The average Bonchev–Trinajstić information content (AvgIpc) is 3.37. The minimum atomic E-state index is -1.70. The summed E-state index contributed by atoms with van der Waals surface area (Å²) in [6.45, 7) is 0.476. The fraction of sp³-hybridized carbons (Fsp3) is 0.696. The highest BCUT2D eigenvalue weighted by Gasteiger charge is 2.36. The van der Waals surface area contributed by atoms with Crippen molar-refractivity contribution in [3.8, 4) is 0 Å². The van der Waals surface area contributed by atoms with Crippen molar-refractivity contribution in [3.05, 3.63) is 0 Å². The van der Waals surface area contributed by atoms with Gasteiger partial charge in [-0.2, -0.15) is 0 Å². The molecule has 0 spiro atoms. The second-order valence-corrected chi connectivity index (χ2v) is 9.35. The minimum absolute atomic E-state index is 0.319. The number of carboxylic acids is 2. The smallest absolute Gasteiger partial charge is 0.322 e. The fourth-order valence-electron chi connectivity index (χ4n) is 3.99. The van der Waals surface area contributed by atoms with Crippen LogP contribution in [0.3, 0.4) is 0 Å².